The van der Waals surface area contributed by atoms with E-state index >= 15 is 4.39 Å². The Labute approximate surface area is 314 Å². The topological polar surface area (TPSA) is 140 Å². The van der Waals surface area contributed by atoms with Gasteiger partial charge in [0.2, 0.25) is 11.8 Å². The minimum atomic E-state index is -0.511. The van der Waals surface area contributed by atoms with Gasteiger partial charge in [0.25, 0.3) is 11.8 Å². The number of hydrogen-bond acceptors (Lipinski definition) is 7. The van der Waals surface area contributed by atoms with Crippen molar-refractivity contribution in [3.63, 3.8) is 0 Å². The summed E-state index contributed by atoms with van der Waals surface area (Å²) in [5, 5.41) is 8.47. The van der Waals surface area contributed by atoms with E-state index in [9.17, 15) is 19.2 Å². The maximum absolute atomic E-state index is 15.4. The lowest BCUT2D eigenvalue weighted by atomic mass is 9.84. The number of hydrogen-bond donors (Lipinski definition) is 4. The SMILES string of the molecule is O=C1CCC(c2cccc(N3CCN(CCC4CCC(NC(=O)c5ccc(-c6cc(-c7cc8c([nH]7)CCNC8=O)ccn6)c(F)c5)CC4)CC3)c2)C(=O)N1. The maximum Gasteiger partial charge on any atom is 0.253 e. The van der Waals surface area contributed by atoms with Crippen LogP contribution in [-0.2, 0) is 16.0 Å². The molecule has 5 heterocycles. The number of nitrogens with zero attached hydrogens (tertiary/aromatic N) is 3. The van der Waals surface area contributed by atoms with Crippen molar-refractivity contribution < 1.29 is 23.6 Å². The fraction of sp³-hybridized carbons (Fsp3) is 0.405. The predicted molar refractivity (Wildman–Crippen MR) is 204 cm³/mol. The molecule has 4 N–H and O–H groups in total. The largest absolute Gasteiger partial charge is 0.369 e. The number of nitrogens with one attached hydrogen (secondary N) is 4. The molecule has 4 aliphatic rings. The zero-order valence-corrected chi connectivity index (χ0v) is 30.3. The number of piperazine rings is 1. The quantitative estimate of drug-likeness (QED) is 0.174. The fourth-order valence-electron chi connectivity index (χ4n) is 8.47. The highest BCUT2D eigenvalue weighted by Gasteiger charge is 2.29. The van der Waals surface area contributed by atoms with E-state index in [1.54, 1.807) is 24.4 Å². The van der Waals surface area contributed by atoms with E-state index < -0.39 is 5.82 Å². The van der Waals surface area contributed by atoms with Crippen LogP contribution in [0.5, 0.6) is 0 Å². The molecule has 2 saturated heterocycles. The van der Waals surface area contributed by atoms with E-state index in [0.717, 1.165) is 99.5 Å². The van der Waals surface area contributed by atoms with Crippen LogP contribution < -0.4 is 20.9 Å². The first-order valence-corrected chi connectivity index (χ1v) is 19.3. The summed E-state index contributed by atoms with van der Waals surface area (Å²) in [5.74, 6) is -0.919. The third kappa shape index (κ3) is 7.79. The summed E-state index contributed by atoms with van der Waals surface area (Å²) in [6.45, 7) is 5.48. The molecule has 1 aliphatic carbocycles. The number of piperidine rings is 1. The van der Waals surface area contributed by atoms with Gasteiger partial charge in [0.1, 0.15) is 5.82 Å². The number of aromatic nitrogens is 2. The Morgan fingerprint density at radius 1 is 0.889 bits per heavy atom. The molecule has 280 valence electrons. The second-order valence-corrected chi connectivity index (χ2v) is 15.1. The number of carbonyl (C=O) groups excluding carboxylic acids is 4. The first-order valence-electron chi connectivity index (χ1n) is 19.3. The van der Waals surface area contributed by atoms with E-state index in [1.165, 1.54) is 6.07 Å². The maximum atomic E-state index is 15.4. The number of halogens is 1. The van der Waals surface area contributed by atoms with Crippen LogP contribution in [0.1, 0.15) is 82.8 Å². The van der Waals surface area contributed by atoms with Gasteiger partial charge in [-0.1, -0.05) is 12.1 Å². The van der Waals surface area contributed by atoms with E-state index in [0.29, 0.717) is 47.7 Å². The Hall–Kier alpha value is -5.36. The van der Waals surface area contributed by atoms with Crippen LogP contribution in [0.4, 0.5) is 10.1 Å². The van der Waals surface area contributed by atoms with E-state index in [2.05, 4.69) is 47.9 Å². The standard InChI is InChI=1S/C42H46FN7O4/c43-35-23-29(6-9-33(35)38-24-28(12-15-44-38)37-25-34-36(47-37)13-16-45-41(34)53)40(52)46-30-7-4-26(5-8-30)14-17-49-18-20-50(21-19-49)31-3-1-2-27(22-31)32-10-11-39(51)48-42(32)54/h1-3,6,9,12,15,22-26,30,32,47H,4-5,7-8,10-11,13-14,16-21H2,(H,45,53)(H,46,52)(H,48,51,54). The number of amides is 4. The Morgan fingerprint density at radius 2 is 1.72 bits per heavy atom. The molecule has 3 fully saturated rings. The summed E-state index contributed by atoms with van der Waals surface area (Å²) in [7, 11) is 0. The molecule has 3 aliphatic heterocycles. The van der Waals surface area contributed by atoms with Gasteiger partial charge in [-0.2, -0.15) is 0 Å². The molecule has 1 unspecified atom stereocenters. The molecule has 2 aromatic carbocycles. The summed E-state index contributed by atoms with van der Waals surface area (Å²) >= 11 is 0. The van der Waals surface area contributed by atoms with Gasteiger partial charge in [0.15, 0.2) is 0 Å². The molecule has 1 atom stereocenters. The molecule has 1 saturated carbocycles. The average Bonchev–Trinajstić information content (AvgIpc) is 3.64. The van der Waals surface area contributed by atoms with Crippen LogP contribution in [0.2, 0.25) is 0 Å². The second-order valence-electron chi connectivity index (χ2n) is 15.1. The highest BCUT2D eigenvalue weighted by Crippen LogP contribution is 2.32. The van der Waals surface area contributed by atoms with Crippen LogP contribution >= 0.6 is 0 Å². The molecule has 0 radical (unpaired) electrons. The van der Waals surface area contributed by atoms with Crippen molar-refractivity contribution in [1.29, 1.82) is 0 Å². The molecule has 8 rings (SSSR count). The summed E-state index contributed by atoms with van der Waals surface area (Å²) < 4.78 is 15.4. The molecule has 0 spiro atoms. The molecule has 54 heavy (non-hydrogen) atoms. The lowest BCUT2D eigenvalue weighted by molar-refractivity contribution is -0.134. The van der Waals surface area contributed by atoms with Crippen molar-refractivity contribution in [3.05, 3.63) is 95.1 Å². The van der Waals surface area contributed by atoms with Gasteiger partial charge < -0.3 is 20.5 Å². The van der Waals surface area contributed by atoms with E-state index in [4.69, 9.17) is 0 Å². The highest BCUT2D eigenvalue weighted by molar-refractivity contribution is 6.01. The van der Waals surface area contributed by atoms with E-state index in [1.807, 2.05) is 24.3 Å². The van der Waals surface area contributed by atoms with Crippen LogP contribution in [0.25, 0.3) is 22.5 Å². The number of aromatic amines is 1. The van der Waals surface area contributed by atoms with Crippen LogP contribution in [-0.4, -0.2) is 83.8 Å². The number of rotatable bonds is 9. The zero-order valence-electron chi connectivity index (χ0n) is 30.3. The van der Waals surface area contributed by atoms with Gasteiger partial charge in [0.05, 0.1) is 17.2 Å². The van der Waals surface area contributed by atoms with Gasteiger partial charge in [-0.15, -0.1) is 0 Å². The summed E-state index contributed by atoms with van der Waals surface area (Å²) in [4.78, 5) is 62.0. The van der Waals surface area contributed by atoms with E-state index in [-0.39, 0.29) is 35.6 Å². The lowest BCUT2D eigenvalue weighted by Gasteiger charge is -2.37. The van der Waals surface area contributed by atoms with Crippen LogP contribution in [0, 0.1) is 11.7 Å². The minimum absolute atomic E-state index is 0.0722. The van der Waals surface area contributed by atoms with Crippen molar-refractivity contribution in [1.82, 2.24) is 30.8 Å². The molecular weight excluding hydrogens is 686 g/mol. The smallest absolute Gasteiger partial charge is 0.253 e. The highest BCUT2D eigenvalue weighted by atomic mass is 19.1. The Bertz CT molecular complexity index is 2060. The average molecular weight is 732 g/mol. The lowest BCUT2D eigenvalue weighted by Crippen LogP contribution is -2.47. The molecule has 0 bridgehead atoms. The Kier molecular flexibility index (Phi) is 10.3. The molecule has 12 heteroatoms. The summed E-state index contributed by atoms with van der Waals surface area (Å²) in [5.41, 5.74) is 6.24. The molecule has 4 amide bonds. The number of benzene rings is 2. The molecule has 11 nitrogen and oxygen atoms in total. The predicted octanol–water partition coefficient (Wildman–Crippen LogP) is 5.19. The van der Waals surface area contributed by atoms with Gasteiger partial charge in [-0.3, -0.25) is 34.4 Å². The number of fused-ring (bicyclic) bond motifs is 1. The molecule has 2 aromatic heterocycles. The second kappa shape index (κ2) is 15.5. The van der Waals surface area contributed by atoms with Gasteiger partial charge in [-0.25, -0.2) is 4.39 Å². The third-order valence-electron chi connectivity index (χ3n) is 11.7. The monoisotopic (exact) mass is 731 g/mol. The van der Waals surface area contributed by atoms with Crippen molar-refractivity contribution >= 4 is 29.3 Å². The number of anilines is 1. The van der Waals surface area contributed by atoms with Crippen LogP contribution in [0.3, 0.4) is 0 Å². The van der Waals surface area contributed by atoms with Gasteiger partial charge in [-0.05, 0) is 105 Å². The van der Waals surface area contributed by atoms with Crippen molar-refractivity contribution in [3.8, 4) is 22.5 Å². The number of carbonyl (C=O) groups is 4. The van der Waals surface area contributed by atoms with Crippen molar-refractivity contribution in [2.45, 2.75) is 63.3 Å². The van der Waals surface area contributed by atoms with Gasteiger partial charge >= 0.3 is 0 Å². The molecular formula is C42H46FN7O4. The van der Waals surface area contributed by atoms with Crippen LogP contribution in [0.15, 0.2) is 66.9 Å². The normalized spacial score (nSPS) is 22.0. The number of H-pyrrole nitrogens is 1. The van der Waals surface area contributed by atoms with Crippen molar-refractivity contribution in [2.75, 3.05) is 44.2 Å². The number of pyridine rings is 1. The van der Waals surface area contributed by atoms with Gasteiger partial charge in [0, 0.05) is 91.6 Å². The third-order valence-corrected chi connectivity index (χ3v) is 11.7. The first kappa shape index (κ1) is 35.7. The number of imide groups is 1. The van der Waals surface area contributed by atoms with Crippen molar-refractivity contribution in [2.24, 2.45) is 5.92 Å². The summed E-state index contributed by atoms with van der Waals surface area (Å²) in [6.07, 6.45) is 8.36. The molecule has 4 aromatic rings. The Morgan fingerprint density at radius 3 is 2.50 bits per heavy atom. The zero-order chi connectivity index (χ0) is 37.2. The Balaban J connectivity index is 0.783. The summed E-state index contributed by atoms with van der Waals surface area (Å²) in [6, 6.07) is 18.3. The first-order chi connectivity index (χ1) is 26.3. The minimum Gasteiger partial charge on any atom is -0.369 e. The fourth-order valence-corrected chi connectivity index (χ4v) is 8.47.